The Morgan fingerprint density at radius 2 is 2.22 bits per heavy atom. The molecule has 0 radical (unpaired) electrons. The maximum Gasteiger partial charge on any atom is 0.246 e. The van der Waals surface area contributed by atoms with Crippen molar-refractivity contribution in [3.05, 3.63) is 18.0 Å². The molecule has 0 atom stereocenters. The fraction of sp³-hybridized carbons (Fsp3) is 0.600. The molecule has 0 unspecified atom stereocenters. The molecule has 2 rings (SSSR count). The molecule has 1 heterocycles. The molecule has 1 fully saturated rings. The van der Waals surface area contributed by atoms with E-state index in [-0.39, 0.29) is 12.5 Å². The van der Waals surface area contributed by atoms with Crippen molar-refractivity contribution in [3.63, 3.8) is 0 Å². The minimum Gasteiger partial charge on any atom is -0.286 e. The molecule has 0 aliphatic heterocycles. The number of nitrogens with zero attached hydrogens (tertiary/aromatic N) is 3. The third-order valence-corrected chi connectivity index (χ3v) is 4.38. The topological polar surface area (TPSA) is 107 Å². The highest BCUT2D eigenvalue weighted by Gasteiger charge is 2.42. The molecule has 1 aromatic rings. The summed E-state index contributed by atoms with van der Waals surface area (Å²) in [6, 6.07) is 1.75. The second-order valence-corrected chi connectivity index (χ2v) is 6.27. The van der Waals surface area contributed by atoms with E-state index in [2.05, 4.69) is 27.7 Å². The van der Waals surface area contributed by atoms with Gasteiger partial charge in [-0.25, -0.2) is 15.0 Å². The van der Waals surface area contributed by atoms with Crippen LogP contribution in [-0.2, 0) is 9.59 Å². The molecule has 1 aromatic heterocycles. The first-order chi connectivity index (χ1) is 10.9. The maximum atomic E-state index is 12.7. The summed E-state index contributed by atoms with van der Waals surface area (Å²) in [5.41, 5.74) is 5.28. The third kappa shape index (κ3) is 4.38. The van der Waals surface area contributed by atoms with E-state index in [0.717, 1.165) is 18.5 Å². The van der Waals surface area contributed by atoms with Gasteiger partial charge in [-0.3, -0.25) is 25.6 Å². The highest BCUT2D eigenvalue weighted by atomic mass is 16.5. The lowest BCUT2D eigenvalue weighted by Crippen LogP contribution is -2.51. The van der Waals surface area contributed by atoms with E-state index in [0.29, 0.717) is 36.2 Å². The molecule has 0 aromatic carbocycles. The van der Waals surface area contributed by atoms with Gasteiger partial charge in [-0.05, 0) is 44.6 Å². The fourth-order valence-electron chi connectivity index (χ4n) is 2.87. The Balaban J connectivity index is 2.05. The largest absolute Gasteiger partial charge is 0.286 e. The van der Waals surface area contributed by atoms with E-state index in [1.165, 1.54) is 0 Å². The lowest BCUT2D eigenvalue weighted by atomic mass is 9.70. The van der Waals surface area contributed by atoms with Crippen molar-refractivity contribution < 1.29 is 14.8 Å². The van der Waals surface area contributed by atoms with Crippen LogP contribution in [-0.4, -0.2) is 39.1 Å². The third-order valence-electron chi connectivity index (χ3n) is 4.38. The number of aryl methyl sites for hydroxylation is 1. The lowest BCUT2D eigenvalue weighted by Gasteiger charge is -2.38. The van der Waals surface area contributed by atoms with Crippen LogP contribution in [0.25, 0.3) is 0 Å². The van der Waals surface area contributed by atoms with Crippen molar-refractivity contribution >= 4 is 18.3 Å². The number of hydrogen-bond acceptors (Lipinski definition) is 6. The zero-order valence-corrected chi connectivity index (χ0v) is 13.5. The van der Waals surface area contributed by atoms with Gasteiger partial charge in [0, 0.05) is 11.9 Å². The molecule has 2 amide bonds. The number of anilines is 1. The molecule has 0 spiro atoms. The van der Waals surface area contributed by atoms with Crippen LogP contribution in [0.1, 0.15) is 38.3 Å². The SMILES string of the molecule is Cc1ccnc(NNC(=O)C2(CN(O)C=O)CCC(C)CC2)n1. The van der Waals surface area contributed by atoms with Gasteiger partial charge in [0.05, 0.1) is 12.0 Å². The second-order valence-electron chi connectivity index (χ2n) is 6.27. The molecular formula is C15H23N5O3. The van der Waals surface area contributed by atoms with E-state index in [1.807, 2.05) is 6.92 Å². The predicted octanol–water partition coefficient (Wildman–Crippen LogP) is 1.27. The Hall–Kier alpha value is -2.22. The highest BCUT2D eigenvalue weighted by Crippen LogP contribution is 2.39. The Bertz CT molecular complexity index is 558. The monoisotopic (exact) mass is 321 g/mol. The van der Waals surface area contributed by atoms with Crippen molar-refractivity contribution in [1.82, 2.24) is 20.5 Å². The number of nitrogens with one attached hydrogen (secondary N) is 2. The number of hydrazine groups is 1. The molecule has 23 heavy (non-hydrogen) atoms. The fourth-order valence-corrected chi connectivity index (χ4v) is 2.87. The van der Waals surface area contributed by atoms with Gasteiger partial charge in [-0.15, -0.1) is 0 Å². The number of hydrogen-bond donors (Lipinski definition) is 3. The van der Waals surface area contributed by atoms with Crippen LogP contribution < -0.4 is 10.9 Å². The predicted molar refractivity (Wildman–Crippen MR) is 83.2 cm³/mol. The van der Waals surface area contributed by atoms with E-state index in [4.69, 9.17) is 0 Å². The number of hydroxylamine groups is 2. The first-order valence-corrected chi connectivity index (χ1v) is 7.72. The average Bonchev–Trinajstić information content (AvgIpc) is 2.55. The standard InChI is InChI=1S/C15H23N5O3/c1-11-3-6-15(7-4-11,9-20(23)10-21)13(22)18-19-14-16-8-5-12(2)17-14/h5,8,10-11,23H,3-4,6-7,9H2,1-2H3,(H,18,22)(H,16,17,19). The second kappa shape index (κ2) is 7.36. The van der Waals surface area contributed by atoms with Crippen LogP contribution in [0, 0.1) is 18.3 Å². The smallest absolute Gasteiger partial charge is 0.246 e. The molecule has 1 aliphatic rings. The molecule has 126 valence electrons. The molecule has 0 saturated heterocycles. The van der Waals surface area contributed by atoms with Crippen LogP contribution in [0.15, 0.2) is 12.3 Å². The van der Waals surface area contributed by atoms with Crippen molar-refractivity contribution in [1.29, 1.82) is 0 Å². The van der Waals surface area contributed by atoms with Crippen LogP contribution in [0.2, 0.25) is 0 Å². The van der Waals surface area contributed by atoms with E-state index >= 15 is 0 Å². The van der Waals surface area contributed by atoms with Gasteiger partial charge in [-0.2, -0.15) is 0 Å². The van der Waals surface area contributed by atoms with E-state index in [1.54, 1.807) is 12.3 Å². The lowest BCUT2D eigenvalue weighted by molar-refractivity contribution is -0.163. The molecule has 3 N–H and O–H groups in total. The van der Waals surface area contributed by atoms with E-state index < -0.39 is 5.41 Å². The van der Waals surface area contributed by atoms with Crippen LogP contribution in [0.5, 0.6) is 0 Å². The van der Waals surface area contributed by atoms with Crippen molar-refractivity contribution in [2.24, 2.45) is 11.3 Å². The minimum absolute atomic E-state index is 0.0224. The minimum atomic E-state index is -0.807. The summed E-state index contributed by atoms with van der Waals surface area (Å²) in [5, 5.41) is 10.1. The number of aromatic nitrogens is 2. The summed E-state index contributed by atoms with van der Waals surface area (Å²) in [7, 11) is 0. The number of rotatable bonds is 6. The van der Waals surface area contributed by atoms with Gasteiger partial charge in [0.2, 0.25) is 18.3 Å². The summed E-state index contributed by atoms with van der Waals surface area (Å²) >= 11 is 0. The number of amides is 2. The average molecular weight is 321 g/mol. The number of carbonyl (C=O) groups is 2. The van der Waals surface area contributed by atoms with Gasteiger partial charge < -0.3 is 0 Å². The molecular weight excluding hydrogens is 298 g/mol. The Labute approximate surface area is 135 Å². The Kier molecular flexibility index (Phi) is 5.49. The van der Waals surface area contributed by atoms with Gasteiger partial charge in [0.15, 0.2) is 0 Å². The van der Waals surface area contributed by atoms with Crippen LogP contribution in [0.3, 0.4) is 0 Å². The Morgan fingerprint density at radius 3 is 2.83 bits per heavy atom. The maximum absolute atomic E-state index is 12.7. The normalized spacial score (nSPS) is 23.9. The first kappa shape index (κ1) is 17.1. The van der Waals surface area contributed by atoms with Crippen molar-refractivity contribution in [3.8, 4) is 0 Å². The number of carbonyl (C=O) groups excluding carboxylic acids is 2. The zero-order valence-electron chi connectivity index (χ0n) is 13.5. The van der Waals surface area contributed by atoms with Crippen molar-refractivity contribution in [2.75, 3.05) is 12.0 Å². The van der Waals surface area contributed by atoms with Gasteiger partial charge in [0.1, 0.15) is 0 Å². The summed E-state index contributed by atoms with van der Waals surface area (Å²) in [6.45, 7) is 3.94. The first-order valence-electron chi connectivity index (χ1n) is 7.72. The Morgan fingerprint density at radius 1 is 1.52 bits per heavy atom. The molecule has 1 saturated carbocycles. The quantitative estimate of drug-likeness (QED) is 0.414. The summed E-state index contributed by atoms with van der Waals surface area (Å²) in [6.07, 6.45) is 4.89. The summed E-state index contributed by atoms with van der Waals surface area (Å²) < 4.78 is 0. The summed E-state index contributed by atoms with van der Waals surface area (Å²) in [4.78, 5) is 31.6. The molecule has 0 bridgehead atoms. The van der Waals surface area contributed by atoms with Gasteiger partial charge in [0.25, 0.3) is 0 Å². The zero-order chi connectivity index (χ0) is 16.9. The van der Waals surface area contributed by atoms with Gasteiger partial charge >= 0.3 is 0 Å². The van der Waals surface area contributed by atoms with Crippen LogP contribution >= 0.6 is 0 Å². The van der Waals surface area contributed by atoms with E-state index in [9.17, 15) is 14.8 Å². The highest BCUT2D eigenvalue weighted by molar-refractivity contribution is 5.84. The summed E-state index contributed by atoms with van der Waals surface area (Å²) in [5.74, 6) is 0.566. The molecule has 8 heteroatoms. The molecule has 1 aliphatic carbocycles. The van der Waals surface area contributed by atoms with Crippen LogP contribution in [0.4, 0.5) is 5.95 Å². The molecule has 8 nitrogen and oxygen atoms in total. The van der Waals surface area contributed by atoms with Gasteiger partial charge in [-0.1, -0.05) is 6.92 Å². The van der Waals surface area contributed by atoms with Crippen molar-refractivity contribution in [2.45, 2.75) is 39.5 Å².